The summed E-state index contributed by atoms with van der Waals surface area (Å²) in [6.07, 6.45) is -0.654. The fourth-order valence-corrected chi connectivity index (χ4v) is 4.61. The van der Waals surface area contributed by atoms with E-state index in [2.05, 4.69) is 5.32 Å². The minimum atomic E-state index is -3.09. The molecule has 1 amide bonds. The van der Waals surface area contributed by atoms with Crippen LogP contribution in [-0.2, 0) is 26.0 Å². The average molecular weight is 417 g/mol. The molecule has 7 nitrogen and oxygen atoms in total. The first-order valence-corrected chi connectivity index (χ1v) is 11.1. The van der Waals surface area contributed by atoms with Gasteiger partial charge in [-0.3, -0.25) is 4.79 Å². The molecule has 1 aliphatic rings. The van der Waals surface area contributed by atoms with E-state index in [0.29, 0.717) is 24.3 Å². The van der Waals surface area contributed by atoms with Gasteiger partial charge in [-0.25, -0.2) is 13.2 Å². The highest BCUT2D eigenvalue weighted by molar-refractivity contribution is 7.91. The zero-order chi connectivity index (χ0) is 20.9. The van der Waals surface area contributed by atoms with Crippen molar-refractivity contribution in [3.05, 3.63) is 65.7 Å². The van der Waals surface area contributed by atoms with E-state index < -0.39 is 33.9 Å². The number of amides is 1. The Hall–Kier alpha value is -2.87. The second kappa shape index (κ2) is 9.09. The van der Waals surface area contributed by atoms with Crippen molar-refractivity contribution < 1.29 is 27.5 Å². The summed E-state index contributed by atoms with van der Waals surface area (Å²) in [6, 6.07) is 15.7. The number of sulfone groups is 1. The maximum absolute atomic E-state index is 12.3. The van der Waals surface area contributed by atoms with Crippen LogP contribution in [0.15, 0.2) is 54.6 Å². The van der Waals surface area contributed by atoms with Crippen LogP contribution < -0.4 is 10.1 Å². The highest BCUT2D eigenvalue weighted by atomic mass is 32.2. The molecule has 1 fully saturated rings. The summed E-state index contributed by atoms with van der Waals surface area (Å²) in [5.74, 6) is -0.558. The number of carbonyl (C=O) groups is 2. The lowest BCUT2D eigenvalue weighted by Crippen LogP contribution is -2.42. The van der Waals surface area contributed by atoms with Crippen LogP contribution in [0.25, 0.3) is 0 Å². The van der Waals surface area contributed by atoms with Crippen molar-refractivity contribution in [3.8, 4) is 5.75 Å². The molecule has 0 radical (unpaired) electrons. The molecule has 0 aromatic heterocycles. The lowest BCUT2D eigenvalue weighted by Gasteiger charge is -2.16. The molecule has 1 N–H and O–H groups in total. The average Bonchev–Trinajstić information content (AvgIpc) is 3.05. The molecule has 0 saturated carbocycles. The number of rotatable bonds is 7. The Morgan fingerprint density at radius 3 is 2.41 bits per heavy atom. The molecule has 154 valence electrons. The smallest absolute Gasteiger partial charge is 0.338 e. The van der Waals surface area contributed by atoms with Crippen molar-refractivity contribution in [2.75, 3.05) is 11.5 Å². The molecule has 1 saturated heterocycles. The van der Waals surface area contributed by atoms with E-state index in [1.807, 2.05) is 30.3 Å². The van der Waals surface area contributed by atoms with Gasteiger partial charge in [-0.15, -0.1) is 0 Å². The molecule has 1 aliphatic heterocycles. The minimum Gasteiger partial charge on any atom is -0.489 e. The first kappa shape index (κ1) is 20.9. The second-order valence-electron chi connectivity index (χ2n) is 6.95. The Morgan fingerprint density at radius 2 is 1.79 bits per heavy atom. The fourth-order valence-electron chi connectivity index (χ4n) is 2.94. The van der Waals surface area contributed by atoms with E-state index in [4.69, 9.17) is 9.47 Å². The fraction of sp³-hybridized carbons (Fsp3) is 0.333. The normalized spacial score (nSPS) is 18.6. The highest BCUT2D eigenvalue weighted by Gasteiger charge is 2.30. The summed E-state index contributed by atoms with van der Waals surface area (Å²) in [7, 11) is -3.09. The summed E-state index contributed by atoms with van der Waals surface area (Å²) in [4.78, 5) is 24.4. The van der Waals surface area contributed by atoms with Gasteiger partial charge in [-0.2, -0.15) is 0 Å². The number of esters is 1. The molecular formula is C21H23NO6S. The van der Waals surface area contributed by atoms with Crippen molar-refractivity contribution >= 4 is 21.7 Å². The second-order valence-corrected chi connectivity index (χ2v) is 9.18. The third kappa shape index (κ3) is 6.05. The Labute approximate surface area is 169 Å². The van der Waals surface area contributed by atoms with Crippen molar-refractivity contribution in [2.45, 2.75) is 32.1 Å². The van der Waals surface area contributed by atoms with Gasteiger partial charge >= 0.3 is 5.97 Å². The highest BCUT2D eigenvalue weighted by Crippen LogP contribution is 2.16. The number of carbonyl (C=O) groups excluding carboxylic acids is 2. The first-order chi connectivity index (χ1) is 13.8. The Bertz CT molecular complexity index is 956. The Kier molecular flexibility index (Phi) is 6.53. The van der Waals surface area contributed by atoms with Crippen LogP contribution in [0.4, 0.5) is 0 Å². The monoisotopic (exact) mass is 417 g/mol. The standard InChI is InChI=1S/C21H23NO6S/c1-15(20(23)22-18-11-12-29(25,26)14-18)28-21(24)17-7-9-19(10-8-17)27-13-16-5-3-2-4-6-16/h2-10,15,18H,11-14H2,1H3,(H,22,23)/t15-,18+/m0/s1. The predicted molar refractivity (Wildman–Crippen MR) is 107 cm³/mol. The van der Waals surface area contributed by atoms with Gasteiger partial charge in [0, 0.05) is 6.04 Å². The third-order valence-corrected chi connectivity index (χ3v) is 6.34. The molecule has 1 heterocycles. The molecule has 0 unspecified atom stereocenters. The first-order valence-electron chi connectivity index (χ1n) is 9.31. The SMILES string of the molecule is C[C@H](OC(=O)c1ccc(OCc2ccccc2)cc1)C(=O)N[C@@H]1CCS(=O)(=O)C1. The lowest BCUT2D eigenvalue weighted by molar-refractivity contribution is -0.129. The molecule has 2 aromatic rings. The van der Waals surface area contributed by atoms with Crippen LogP contribution in [0.2, 0.25) is 0 Å². The molecule has 2 atom stereocenters. The number of ether oxygens (including phenoxy) is 2. The predicted octanol–water partition coefficient (Wildman–Crippen LogP) is 2.11. The number of hydrogen-bond acceptors (Lipinski definition) is 6. The van der Waals surface area contributed by atoms with Gasteiger partial charge in [0.1, 0.15) is 12.4 Å². The van der Waals surface area contributed by atoms with Crippen LogP contribution in [0.1, 0.15) is 29.3 Å². The van der Waals surface area contributed by atoms with E-state index in [0.717, 1.165) is 5.56 Å². The molecular weight excluding hydrogens is 394 g/mol. The van der Waals surface area contributed by atoms with Crippen molar-refractivity contribution in [1.29, 1.82) is 0 Å². The minimum absolute atomic E-state index is 0.0603. The van der Waals surface area contributed by atoms with Crippen LogP contribution >= 0.6 is 0 Å². The van der Waals surface area contributed by atoms with E-state index in [9.17, 15) is 18.0 Å². The molecule has 29 heavy (non-hydrogen) atoms. The molecule has 0 bridgehead atoms. The van der Waals surface area contributed by atoms with Gasteiger partial charge in [-0.1, -0.05) is 30.3 Å². The van der Waals surface area contributed by atoms with Gasteiger partial charge in [0.15, 0.2) is 15.9 Å². The number of nitrogens with one attached hydrogen (secondary N) is 1. The molecule has 2 aromatic carbocycles. The van der Waals surface area contributed by atoms with E-state index in [1.165, 1.54) is 6.92 Å². The zero-order valence-electron chi connectivity index (χ0n) is 16.0. The summed E-state index contributed by atoms with van der Waals surface area (Å²) in [6.45, 7) is 1.87. The molecule has 0 aliphatic carbocycles. The molecule has 3 rings (SSSR count). The van der Waals surface area contributed by atoms with Gasteiger partial charge in [0.25, 0.3) is 5.91 Å². The van der Waals surface area contributed by atoms with Gasteiger partial charge < -0.3 is 14.8 Å². The Balaban J connectivity index is 1.48. The maximum Gasteiger partial charge on any atom is 0.338 e. The van der Waals surface area contributed by atoms with E-state index in [1.54, 1.807) is 24.3 Å². The zero-order valence-corrected chi connectivity index (χ0v) is 16.9. The van der Waals surface area contributed by atoms with Crippen LogP contribution in [0.5, 0.6) is 5.75 Å². The number of hydrogen-bond donors (Lipinski definition) is 1. The summed E-state index contributed by atoms with van der Waals surface area (Å²) >= 11 is 0. The quantitative estimate of drug-likeness (QED) is 0.693. The van der Waals surface area contributed by atoms with Gasteiger partial charge in [-0.05, 0) is 43.2 Å². The van der Waals surface area contributed by atoms with Crippen molar-refractivity contribution in [2.24, 2.45) is 0 Å². The van der Waals surface area contributed by atoms with Gasteiger partial charge in [0.2, 0.25) is 0 Å². The van der Waals surface area contributed by atoms with E-state index in [-0.39, 0.29) is 11.5 Å². The lowest BCUT2D eigenvalue weighted by atomic mass is 10.2. The maximum atomic E-state index is 12.3. The largest absolute Gasteiger partial charge is 0.489 e. The number of benzene rings is 2. The van der Waals surface area contributed by atoms with Crippen molar-refractivity contribution in [1.82, 2.24) is 5.32 Å². The van der Waals surface area contributed by atoms with Crippen LogP contribution in [0, 0.1) is 0 Å². The van der Waals surface area contributed by atoms with Gasteiger partial charge in [0.05, 0.1) is 17.1 Å². The van der Waals surface area contributed by atoms with E-state index >= 15 is 0 Å². The summed E-state index contributed by atoms with van der Waals surface area (Å²) < 4.78 is 33.8. The Morgan fingerprint density at radius 1 is 1.10 bits per heavy atom. The summed E-state index contributed by atoms with van der Waals surface area (Å²) in [5, 5.41) is 2.62. The van der Waals surface area contributed by atoms with Crippen LogP contribution in [0.3, 0.4) is 0 Å². The molecule has 8 heteroatoms. The molecule has 0 spiro atoms. The van der Waals surface area contributed by atoms with Crippen molar-refractivity contribution in [3.63, 3.8) is 0 Å². The summed E-state index contributed by atoms with van der Waals surface area (Å²) in [5.41, 5.74) is 1.33. The van der Waals surface area contributed by atoms with Crippen LogP contribution in [-0.4, -0.2) is 43.9 Å². The third-order valence-electron chi connectivity index (χ3n) is 4.57. The topological polar surface area (TPSA) is 98.8 Å².